The molecule has 0 bridgehead atoms. The van der Waals surface area contributed by atoms with Crippen LogP contribution in [0.25, 0.3) is 10.9 Å². The van der Waals surface area contributed by atoms with Crippen LogP contribution in [0.2, 0.25) is 0 Å². The number of sulfonamides is 1. The van der Waals surface area contributed by atoms with Gasteiger partial charge >= 0.3 is 0 Å². The molecule has 1 saturated heterocycles. The molecule has 164 valence electrons. The van der Waals surface area contributed by atoms with Gasteiger partial charge in [-0.25, -0.2) is 12.8 Å². The number of hydrogen-bond donors (Lipinski definition) is 2. The predicted molar refractivity (Wildman–Crippen MR) is 115 cm³/mol. The number of aromatic amines is 1. The minimum absolute atomic E-state index is 0.0975. The van der Waals surface area contributed by atoms with Crippen molar-refractivity contribution in [3.63, 3.8) is 0 Å². The maximum absolute atomic E-state index is 14.3. The van der Waals surface area contributed by atoms with Gasteiger partial charge in [0, 0.05) is 36.7 Å². The summed E-state index contributed by atoms with van der Waals surface area (Å²) in [5, 5.41) is 3.83. The van der Waals surface area contributed by atoms with Crippen LogP contribution in [0.4, 0.5) is 4.39 Å². The Morgan fingerprint density at radius 2 is 1.94 bits per heavy atom. The molecule has 2 aromatic carbocycles. The van der Waals surface area contributed by atoms with E-state index in [1.807, 2.05) is 30.5 Å². The first kappa shape index (κ1) is 21.5. The quantitative estimate of drug-likeness (QED) is 0.547. The van der Waals surface area contributed by atoms with Gasteiger partial charge in [0.1, 0.15) is 5.82 Å². The van der Waals surface area contributed by atoms with Crippen LogP contribution in [0.15, 0.2) is 53.6 Å². The average Bonchev–Trinajstić information content (AvgIpc) is 3.20. The molecule has 0 saturated carbocycles. The van der Waals surface area contributed by atoms with E-state index in [0.717, 1.165) is 35.0 Å². The number of ether oxygens (including phenoxy) is 1. The topological polar surface area (TPSA) is 91.5 Å². The molecule has 2 heterocycles. The van der Waals surface area contributed by atoms with Crippen molar-refractivity contribution >= 4 is 26.8 Å². The number of carbonyl (C=O) groups excluding carboxylic acids is 1. The van der Waals surface area contributed by atoms with Gasteiger partial charge in [0.15, 0.2) is 0 Å². The lowest BCUT2D eigenvalue weighted by atomic mass is 10.1. The fraction of sp³-hybridized carbons (Fsp3) is 0.318. The van der Waals surface area contributed by atoms with Crippen molar-refractivity contribution in [3.8, 4) is 0 Å². The molecule has 0 aliphatic carbocycles. The number of halogens is 1. The maximum Gasteiger partial charge on any atom is 0.254 e. The number of hydrogen-bond acceptors (Lipinski definition) is 4. The average molecular weight is 446 g/mol. The van der Waals surface area contributed by atoms with Crippen LogP contribution in [0.3, 0.4) is 0 Å². The third-order valence-electron chi connectivity index (χ3n) is 5.37. The molecule has 9 heteroatoms. The molecule has 1 aliphatic rings. The van der Waals surface area contributed by atoms with Gasteiger partial charge in [0.2, 0.25) is 10.0 Å². The first-order chi connectivity index (χ1) is 15.0. The van der Waals surface area contributed by atoms with Crippen molar-refractivity contribution < 1.29 is 22.3 Å². The smallest absolute Gasteiger partial charge is 0.254 e. The van der Waals surface area contributed by atoms with Crippen molar-refractivity contribution in [3.05, 3.63) is 65.6 Å². The Morgan fingerprint density at radius 1 is 1.16 bits per heavy atom. The van der Waals surface area contributed by atoms with E-state index in [1.165, 1.54) is 10.4 Å². The van der Waals surface area contributed by atoms with Gasteiger partial charge < -0.3 is 15.0 Å². The van der Waals surface area contributed by atoms with Crippen molar-refractivity contribution in [2.75, 3.05) is 32.8 Å². The number of H-pyrrole nitrogens is 1. The number of aromatic nitrogens is 1. The third-order valence-corrected chi connectivity index (χ3v) is 7.27. The van der Waals surface area contributed by atoms with E-state index in [2.05, 4.69) is 10.3 Å². The van der Waals surface area contributed by atoms with Crippen LogP contribution in [0, 0.1) is 5.82 Å². The lowest BCUT2D eigenvalue weighted by molar-refractivity contribution is 0.0730. The molecule has 31 heavy (non-hydrogen) atoms. The largest absolute Gasteiger partial charge is 0.379 e. The summed E-state index contributed by atoms with van der Waals surface area (Å²) in [6.07, 6.45) is 3.37. The Morgan fingerprint density at radius 3 is 2.74 bits per heavy atom. The number of morpholine rings is 1. The summed E-state index contributed by atoms with van der Waals surface area (Å²) in [4.78, 5) is 15.6. The van der Waals surface area contributed by atoms with Gasteiger partial charge in [0.25, 0.3) is 5.91 Å². The lowest BCUT2D eigenvalue weighted by Crippen LogP contribution is -2.40. The summed E-state index contributed by atoms with van der Waals surface area (Å²) in [7, 11) is -3.81. The number of rotatable bonds is 7. The molecule has 0 spiro atoms. The standard InChI is InChI=1S/C22H24FN3O4S/c23-20-8-7-17(31(28,29)26-10-12-30-13-11-26)14-19(20)22(27)24-9-3-4-16-15-25-21-6-2-1-5-18(16)21/h1-2,5-8,14-15,25H,3-4,9-13H2,(H,24,27). The van der Waals surface area contributed by atoms with E-state index in [1.54, 1.807) is 0 Å². The number of amides is 1. The van der Waals surface area contributed by atoms with Crippen LogP contribution in [0.5, 0.6) is 0 Å². The molecule has 1 aliphatic heterocycles. The van der Waals surface area contributed by atoms with Gasteiger partial charge in [-0.1, -0.05) is 18.2 Å². The molecule has 4 rings (SSSR count). The number of aryl methyl sites for hydroxylation is 1. The zero-order chi connectivity index (χ0) is 21.8. The normalized spacial score (nSPS) is 15.3. The monoisotopic (exact) mass is 445 g/mol. The summed E-state index contributed by atoms with van der Waals surface area (Å²) in [5.41, 5.74) is 1.93. The molecule has 1 fully saturated rings. The van der Waals surface area contributed by atoms with Crippen LogP contribution in [0.1, 0.15) is 22.3 Å². The number of fused-ring (bicyclic) bond motifs is 1. The highest BCUT2D eigenvalue weighted by molar-refractivity contribution is 7.89. The SMILES string of the molecule is O=C(NCCCc1c[nH]c2ccccc12)c1cc(S(=O)(=O)N2CCOCC2)ccc1F. The van der Waals surface area contributed by atoms with Gasteiger partial charge in [-0.2, -0.15) is 4.31 Å². The van der Waals surface area contributed by atoms with E-state index in [4.69, 9.17) is 4.74 Å². The number of benzene rings is 2. The molecule has 7 nitrogen and oxygen atoms in total. The molecular weight excluding hydrogens is 421 g/mol. The van der Waals surface area contributed by atoms with E-state index >= 15 is 0 Å². The van der Waals surface area contributed by atoms with E-state index in [0.29, 0.717) is 26.2 Å². The molecule has 0 atom stereocenters. The second-order valence-corrected chi connectivity index (χ2v) is 9.31. The maximum atomic E-state index is 14.3. The molecular formula is C22H24FN3O4S. The summed E-state index contributed by atoms with van der Waals surface area (Å²) in [5.74, 6) is -1.38. The Bertz CT molecular complexity index is 1190. The fourth-order valence-electron chi connectivity index (χ4n) is 3.69. The van der Waals surface area contributed by atoms with Crippen molar-refractivity contribution in [2.45, 2.75) is 17.7 Å². The fourth-order valence-corrected chi connectivity index (χ4v) is 5.12. The van der Waals surface area contributed by atoms with Crippen LogP contribution in [-0.2, 0) is 21.2 Å². The predicted octanol–water partition coefficient (Wildman–Crippen LogP) is 2.69. The van der Waals surface area contributed by atoms with Gasteiger partial charge in [0.05, 0.1) is 23.7 Å². The minimum Gasteiger partial charge on any atom is -0.379 e. The lowest BCUT2D eigenvalue weighted by Gasteiger charge is -2.26. The van der Waals surface area contributed by atoms with Crippen LogP contribution >= 0.6 is 0 Å². The Hall–Kier alpha value is -2.75. The summed E-state index contributed by atoms with van der Waals surface area (Å²) >= 11 is 0. The second kappa shape index (κ2) is 9.17. The first-order valence-corrected chi connectivity index (χ1v) is 11.6. The number of carbonyl (C=O) groups is 1. The number of nitrogens with zero attached hydrogens (tertiary/aromatic N) is 1. The summed E-state index contributed by atoms with van der Waals surface area (Å²) in [6.45, 7) is 1.43. The van der Waals surface area contributed by atoms with Crippen molar-refractivity contribution in [2.24, 2.45) is 0 Å². The Balaban J connectivity index is 1.39. The second-order valence-electron chi connectivity index (χ2n) is 7.38. The molecule has 1 aromatic heterocycles. The van der Waals surface area contributed by atoms with Crippen molar-refractivity contribution in [1.82, 2.24) is 14.6 Å². The molecule has 2 N–H and O–H groups in total. The number of para-hydroxylation sites is 1. The number of nitrogens with one attached hydrogen (secondary N) is 2. The van der Waals surface area contributed by atoms with Gasteiger partial charge in [-0.15, -0.1) is 0 Å². The zero-order valence-electron chi connectivity index (χ0n) is 16.9. The highest BCUT2D eigenvalue weighted by Crippen LogP contribution is 2.21. The van der Waals surface area contributed by atoms with Crippen LogP contribution < -0.4 is 5.32 Å². The Kier molecular flexibility index (Phi) is 6.35. The zero-order valence-corrected chi connectivity index (χ0v) is 17.8. The minimum atomic E-state index is -3.81. The van der Waals surface area contributed by atoms with Gasteiger partial charge in [-0.3, -0.25) is 4.79 Å². The molecule has 1 amide bonds. The summed E-state index contributed by atoms with van der Waals surface area (Å²) < 4.78 is 46.3. The molecule has 3 aromatic rings. The molecule has 0 radical (unpaired) electrons. The highest BCUT2D eigenvalue weighted by atomic mass is 32.2. The third kappa shape index (κ3) is 4.63. The van der Waals surface area contributed by atoms with Gasteiger partial charge in [-0.05, 0) is 42.7 Å². The first-order valence-electron chi connectivity index (χ1n) is 10.2. The highest BCUT2D eigenvalue weighted by Gasteiger charge is 2.27. The Labute approximate surface area is 180 Å². The van der Waals surface area contributed by atoms with Crippen LogP contribution in [-0.4, -0.2) is 56.5 Å². The van der Waals surface area contributed by atoms with Crippen molar-refractivity contribution in [1.29, 1.82) is 0 Å². The van der Waals surface area contributed by atoms with E-state index < -0.39 is 21.7 Å². The van der Waals surface area contributed by atoms with E-state index in [9.17, 15) is 17.6 Å². The summed E-state index contributed by atoms with van der Waals surface area (Å²) in [6, 6.07) is 11.3. The van der Waals surface area contributed by atoms with E-state index in [-0.39, 0.29) is 23.5 Å². The molecule has 0 unspecified atom stereocenters.